The van der Waals surface area contributed by atoms with Crippen molar-refractivity contribution < 1.29 is 5.11 Å². The highest BCUT2D eigenvalue weighted by atomic mass is 32.2. The fraction of sp³-hybridized carbons (Fsp3) is 0.500. The second-order valence-electron chi connectivity index (χ2n) is 5.42. The van der Waals surface area contributed by atoms with Crippen molar-refractivity contribution in [3.63, 3.8) is 0 Å². The minimum absolute atomic E-state index is 0.0656. The molecule has 118 valence electrons. The predicted molar refractivity (Wildman–Crippen MR) is 93.1 cm³/mol. The van der Waals surface area contributed by atoms with Gasteiger partial charge in [-0.15, -0.1) is 17.9 Å². The summed E-state index contributed by atoms with van der Waals surface area (Å²) < 4.78 is 1.72. The van der Waals surface area contributed by atoms with E-state index in [2.05, 4.69) is 6.58 Å². The molecule has 22 heavy (non-hydrogen) atoms. The first-order valence-electron chi connectivity index (χ1n) is 7.66. The number of fused-ring (bicyclic) bond motifs is 3. The zero-order valence-electron chi connectivity index (χ0n) is 12.5. The third kappa shape index (κ3) is 2.87. The molecule has 0 atom stereocenters. The number of aryl methyl sites for hydroxylation is 2. The van der Waals surface area contributed by atoms with Crippen LogP contribution in [0.25, 0.3) is 10.2 Å². The fourth-order valence-electron chi connectivity index (χ4n) is 2.85. The molecule has 0 bridgehead atoms. The summed E-state index contributed by atoms with van der Waals surface area (Å²) in [5.74, 6) is 0.761. The molecule has 1 aliphatic rings. The standard InChI is InChI=1S/C16H20N2O2S2/c1-2-8-18-15(20)13-11-6-3-4-7-12(11)22-14(13)17-16(18)21-10-5-9-19/h2,19H,1,3-10H2. The number of hydrogen-bond donors (Lipinski definition) is 1. The molecule has 2 aromatic rings. The van der Waals surface area contributed by atoms with Gasteiger partial charge in [-0.05, 0) is 37.7 Å². The zero-order valence-corrected chi connectivity index (χ0v) is 14.1. The summed E-state index contributed by atoms with van der Waals surface area (Å²) in [6.45, 7) is 4.40. The molecule has 3 rings (SSSR count). The van der Waals surface area contributed by atoms with Gasteiger partial charge in [0.15, 0.2) is 5.16 Å². The minimum Gasteiger partial charge on any atom is -0.396 e. The van der Waals surface area contributed by atoms with Crippen LogP contribution in [0.4, 0.5) is 0 Å². The molecule has 0 amide bonds. The van der Waals surface area contributed by atoms with Gasteiger partial charge in [0.25, 0.3) is 5.56 Å². The third-order valence-electron chi connectivity index (χ3n) is 3.89. The van der Waals surface area contributed by atoms with Gasteiger partial charge < -0.3 is 5.11 Å². The van der Waals surface area contributed by atoms with E-state index in [9.17, 15) is 4.79 Å². The van der Waals surface area contributed by atoms with E-state index in [4.69, 9.17) is 10.1 Å². The lowest BCUT2D eigenvalue weighted by molar-refractivity contribution is 0.296. The molecule has 0 fully saturated rings. The van der Waals surface area contributed by atoms with E-state index in [1.54, 1.807) is 22.0 Å². The first kappa shape index (κ1) is 15.8. The molecule has 0 radical (unpaired) electrons. The molecule has 0 saturated carbocycles. The van der Waals surface area contributed by atoms with Gasteiger partial charge in [-0.3, -0.25) is 9.36 Å². The first-order valence-corrected chi connectivity index (χ1v) is 9.46. The smallest absolute Gasteiger partial charge is 0.263 e. The Kier molecular flexibility index (Phi) is 5.00. The summed E-state index contributed by atoms with van der Waals surface area (Å²) in [6.07, 6.45) is 6.88. The van der Waals surface area contributed by atoms with Gasteiger partial charge in [0.05, 0.1) is 5.39 Å². The van der Waals surface area contributed by atoms with E-state index in [1.807, 2.05) is 0 Å². The molecule has 1 aliphatic carbocycles. The normalized spacial score (nSPS) is 14.2. The summed E-state index contributed by atoms with van der Waals surface area (Å²) in [5.41, 5.74) is 1.30. The van der Waals surface area contributed by atoms with Crippen molar-refractivity contribution in [3.05, 3.63) is 33.4 Å². The minimum atomic E-state index is 0.0656. The first-order chi connectivity index (χ1) is 10.8. The van der Waals surface area contributed by atoms with Crippen molar-refractivity contribution in [2.24, 2.45) is 0 Å². The van der Waals surface area contributed by atoms with Crippen molar-refractivity contribution in [3.8, 4) is 0 Å². The Morgan fingerprint density at radius 2 is 2.23 bits per heavy atom. The Bertz CT molecular complexity index is 749. The molecular formula is C16H20N2O2S2. The van der Waals surface area contributed by atoms with Crippen LogP contribution in [-0.4, -0.2) is 27.0 Å². The highest BCUT2D eigenvalue weighted by Crippen LogP contribution is 2.34. The van der Waals surface area contributed by atoms with Crippen molar-refractivity contribution >= 4 is 33.3 Å². The van der Waals surface area contributed by atoms with Crippen LogP contribution in [0, 0.1) is 0 Å². The molecule has 6 heteroatoms. The van der Waals surface area contributed by atoms with Crippen LogP contribution in [0.1, 0.15) is 29.7 Å². The van der Waals surface area contributed by atoms with Gasteiger partial charge in [-0.25, -0.2) is 4.98 Å². The Balaban J connectivity index is 2.12. The second-order valence-corrected chi connectivity index (χ2v) is 7.56. The van der Waals surface area contributed by atoms with Crippen LogP contribution < -0.4 is 5.56 Å². The number of aromatic nitrogens is 2. The highest BCUT2D eigenvalue weighted by Gasteiger charge is 2.21. The van der Waals surface area contributed by atoms with Crippen LogP contribution in [0.5, 0.6) is 0 Å². The summed E-state index contributed by atoms with van der Waals surface area (Å²) >= 11 is 3.22. The Hall–Kier alpha value is -1.11. The van der Waals surface area contributed by atoms with Gasteiger partial charge in [0.1, 0.15) is 4.83 Å². The van der Waals surface area contributed by atoms with E-state index in [-0.39, 0.29) is 12.2 Å². The molecule has 4 nitrogen and oxygen atoms in total. The van der Waals surface area contributed by atoms with E-state index in [1.165, 1.54) is 28.6 Å². The molecule has 0 saturated heterocycles. The highest BCUT2D eigenvalue weighted by molar-refractivity contribution is 7.99. The Morgan fingerprint density at radius 1 is 1.41 bits per heavy atom. The quantitative estimate of drug-likeness (QED) is 0.381. The summed E-state index contributed by atoms with van der Waals surface area (Å²) in [4.78, 5) is 19.9. The lowest BCUT2D eigenvalue weighted by Gasteiger charge is -2.12. The second kappa shape index (κ2) is 6.98. The molecule has 2 aromatic heterocycles. The molecule has 0 spiro atoms. The average molecular weight is 336 g/mol. The number of allylic oxidation sites excluding steroid dienone is 1. The predicted octanol–water partition coefficient (Wildman–Crippen LogP) is 3.00. The number of thiophene rings is 1. The maximum Gasteiger partial charge on any atom is 0.263 e. The van der Waals surface area contributed by atoms with Crippen LogP contribution in [0.2, 0.25) is 0 Å². The van der Waals surface area contributed by atoms with Crippen molar-refractivity contribution in [1.29, 1.82) is 0 Å². The third-order valence-corrected chi connectivity index (χ3v) is 6.13. The number of thioether (sulfide) groups is 1. The number of rotatable bonds is 6. The number of aliphatic hydroxyl groups excluding tert-OH is 1. The van der Waals surface area contributed by atoms with Gasteiger partial charge in [-0.2, -0.15) is 0 Å². The summed E-state index contributed by atoms with van der Waals surface area (Å²) in [6, 6.07) is 0. The van der Waals surface area contributed by atoms with Crippen LogP contribution in [-0.2, 0) is 19.4 Å². The largest absolute Gasteiger partial charge is 0.396 e. The zero-order chi connectivity index (χ0) is 15.5. The Morgan fingerprint density at radius 3 is 3.00 bits per heavy atom. The van der Waals surface area contributed by atoms with Crippen molar-refractivity contribution in [2.45, 2.75) is 43.8 Å². The topological polar surface area (TPSA) is 55.1 Å². The number of aliphatic hydroxyl groups is 1. The number of hydrogen-bond acceptors (Lipinski definition) is 5. The van der Waals surface area contributed by atoms with Gasteiger partial charge in [0.2, 0.25) is 0 Å². The van der Waals surface area contributed by atoms with Crippen molar-refractivity contribution in [2.75, 3.05) is 12.4 Å². The van der Waals surface area contributed by atoms with Gasteiger partial charge in [-0.1, -0.05) is 17.8 Å². The lowest BCUT2D eigenvalue weighted by atomic mass is 9.97. The molecule has 1 N–H and O–H groups in total. The maximum absolute atomic E-state index is 12.9. The number of nitrogens with zero attached hydrogens (tertiary/aromatic N) is 2. The van der Waals surface area contributed by atoms with E-state index < -0.39 is 0 Å². The van der Waals surface area contributed by atoms with E-state index >= 15 is 0 Å². The van der Waals surface area contributed by atoms with Gasteiger partial charge in [0, 0.05) is 23.8 Å². The molecule has 0 unspecified atom stereocenters. The van der Waals surface area contributed by atoms with Gasteiger partial charge >= 0.3 is 0 Å². The average Bonchev–Trinajstić information content (AvgIpc) is 2.89. The maximum atomic E-state index is 12.9. The monoisotopic (exact) mass is 336 g/mol. The summed E-state index contributed by atoms with van der Waals surface area (Å²) in [5, 5.41) is 10.5. The molecule has 0 aliphatic heterocycles. The fourth-order valence-corrected chi connectivity index (χ4v) is 5.08. The Labute approximate surface area is 137 Å². The van der Waals surface area contributed by atoms with E-state index in [0.29, 0.717) is 13.0 Å². The van der Waals surface area contributed by atoms with Crippen molar-refractivity contribution in [1.82, 2.24) is 9.55 Å². The van der Waals surface area contributed by atoms with Crippen LogP contribution >= 0.6 is 23.1 Å². The molecule has 2 heterocycles. The van der Waals surface area contributed by atoms with Crippen LogP contribution in [0.15, 0.2) is 22.6 Å². The van der Waals surface area contributed by atoms with E-state index in [0.717, 1.165) is 40.4 Å². The lowest BCUT2D eigenvalue weighted by Crippen LogP contribution is -2.23. The summed E-state index contributed by atoms with van der Waals surface area (Å²) in [7, 11) is 0. The molecule has 0 aromatic carbocycles. The SMILES string of the molecule is C=CCn1c(SCCCO)nc2sc3c(c2c1=O)CCCC3. The van der Waals surface area contributed by atoms with Crippen LogP contribution in [0.3, 0.4) is 0 Å². The molecular weight excluding hydrogens is 316 g/mol.